The highest BCUT2D eigenvalue weighted by molar-refractivity contribution is 6.35. The van der Waals surface area contributed by atoms with Crippen molar-refractivity contribution in [2.24, 2.45) is 0 Å². The van der Waals surface area contributed by atoms with Crippen LogP contribution in [-0.2, 0) is 0 Å². The molecule has 0 saturated carbocycles. The van der Waals surface area contributed by atoms with Crippen molar-refractivity contribution in [3.63, 3.8) is 0 Å². The van der Waals surface area contributed by atoms with Crippen LogP contribution in [0.5, 0.6) is 5.75 Å². The number of carbonyl (C=O) groups is 1. The maximum Gasteiger partial charge on any atom is 0.258 e. The summed E-state index contributed by atoms with van der Waals surface area (Å²) in [5, 5.41) is 2.02. The topological polar surface area (TPSA) is 51.2 Å². The Balaban J connectivity index is 2.26. The molecule has 1 aromatic heterocycles. The summed E-state index contributed by atoms with van der Waals surface area (Å²) in [6.07, 6.45) is 0. The van der Waals surface area contributed by atoms with E-state index in [-0.39, 0.29) is 15.9 Å². The fourth-order valence-corrected chi connectivity index (χ4v) is 1.91. The van der Waals surface area contributed by atoms with Crippen molar-refractivity contribution < 1.29 is 13.9 Å². The molecule has 20 heavy (non-hydrogen) atoms. The first-order valence-corrected chi connectivity index (χ1v) is 6.24. The van der Waals surface area contributed by atoms with Gasteiger partial charge in [-0.3, -0.25) is 4.79 Å². The summed E-state index contributed by atoms with van der Waals surface area (Å²) in [5.41, 5.74) is 0.386. The van der Waals surface area contributed by atoms with Gasteiger partial charge in [0.25, 0.3) is 5.91 Å². The van der Waals surface area contributed by atoms with Crippen LogP contribution >= 0.6 is 23.2 Å². The highest BCUT2D eigenvalue weighted by Crippen LogP contribution is 2.22. The van der Waals surface area contributed by atoms with Gasteiger partial charge in [0.1, 0.15) is 10.9 Å². The third kappa shape index (κ3) is 3.18. The molecule has 0 aliphatic carbocycles. The molecule has 0 spiro atoms. The smallest absolute Gasteiger partial charge is 0.258 e. The Labute approximate surface area is 124 Å². The van der Waals surface area contributed by atoms with Crippen molar-refractivity contribution in [3.8, 4) is 5.75 Å². The van der Waals surface area contributed by atoms with Crippen molar-refractivity contribution in [1.29, 1.82) is 0 Å². The molecule has 0 fully saturated rings. The molecule has 0 unspecified atom stereocenters. The average molecular weight is 315 g/mol. The number of methoxy groups -OCH3 is 1. The van der Waals surface area contributed by atoms with Crippen molar-refractivity contribution >= 4 is 34.8 Å². The van der Waals surface area contributed by atoms with Crippen LogP contribution in [0.1, 0.15) is 10.4 Å². The van der Waals surface area contributed by atoms with Crippen molar-refractivity contribution in [2.45, 2.75) is 0 Å². The third-order valence-electron chi connectivity index (χ3n) is 2.46. The number of aromatic nitrogens is 1. The summed E-state index contributed by atoms with van der Waals surface area (Å²) < 4.78 is 18.4. The van der Waals surface area contributed by atoms with Crippen molar-refractivity contribution in [2.75, 3.05) is 12.4 Å². The van der Waals surface area contributed by atoms with Gasteiger partial charge in [-0.1, -0.05) is 29.3 Å². The molecule has 2 aromatic rings. The lowest BCUT2D eigenvalue weighted by Gasteiger charge is -2.08. The number of anilines is 1. The standard InChI is InChI=1S/C13H9Cl2FN2O2/c1-20-8-4-2-3-7(5-8)17-13(19)9-6-10(16)12(15)18-11(9)14/h2-6H,1H3,(H,17,19). The van der Waals surface area contributed by atoms with Gasteiger partial charge in [-0.15, -0.1) is 0 Å². The van der Waals surface area contributed by atoms with E-state index in [9.17, 15) is 9.18 Å². The van der Waals surface area contributed by atoms with E-state index in [4.69, 9.17) is 27.9 Å². The van der Waals surface area contributed by atoms with Gasteiger partial charge in [-0.05, 0) is 18.2 Å². The number of hydrogen-bond acceptors (Lipinski definition) is 3. The van der Waals surface area contributed by atoms with Crippen LogP contribution in [0.25, 0.3) is 0 Å². The quantitative estimate of drug-likeness (QED) is 0.877. The molecule has 1 heterocycles. The zero-order chi connectivity index (χ0) is 14.7. The Kier molecular flexibility index (Phi) is 4.42. The predicted octanol–water partition coefficient (Wildman–Crippen LogP) is 3.79. The molecule has 1 aromatic carbocycles. The maximum absolute atomic E-state index is 13.3. The number of halogens is 3. The summed E-state index contributed by atoms with van der Waals surface area (Å²) in [6.45, 7) is 0. The van der Waals surface area contributed by atoms with E-state index in [0.717, 1.165) is 6.07 Å². The van der Waals surface area contributed by atoms with Gasteiger partial charge < -0.3 is 10.1 Å². The van der Waals surface area contributed by atoms with Crippen LogP contribution in [0.3, 0.4) is 0 Å². The minimum Gasteiger partial charge on any atom is -0.497 e. The molecular weight excluding hydrogens is 306 g/mol. The molecule has 7 heteroatoms. The summed E-state index contributed by atoms with van der Waals surface area (Å²) >= 11 is 11.2. The Morgan fingerprint density at radius 2 is 2.05 bits per heavy atom. The second-order valence-electron chi connectivity index (χ2n) is 3.79. The molecule has 104 valence electrons. The summed E-state index contributed by atoms with van der Waals surface area (Å²) in [7, 11) is 1.51. The van der Waals surface area contributed by atoms with Gasteiger partial charge in [0, 0.05) is 11.8 Å². The SMILES string of the molecule is COc1cccc(NC(=O)c2cc(F)c(Cl)nc2Cl)c1. The van der Waals surface area contributed by atoms with Crippen LogP contribution < -0.4 is 10.1 Å². The fraction of sp³-hybridized carbons (Fsp3) is 0.0769. The molecule has 1 N–H and O–H groups in total. The number of carbonyl (C=O) groups excluding carboxylic acids is 1. The van der Waals surface area contributed by atoms with Crippen molar-refractivity contribution in [1.82, 2.24) is 4.98 Å². The molecule has 2 rings (SSSR count). The molecule has 0 aliphatic rings. The van der Waals surface area contributed by atoms with E-state index >= 15 is 0 Å². The lowest BCUT2D eigenvalue weighted by atomic mass is 10.2. The zero-order valence-electron chi connectivity index (χ0n) is 10.3. The van der Waals surface area contributed by atoms with Crippen LogP contribution in [0.2, 0.25) is 10.3 Å². The molecule has 1 amide bonds. The van der Waals surface area contributed by atoms with Gasteiger partial charge in [0.2, 0.25) is 0 Å². The molecular formula is C13H9Cl2FN2O2. The molecule has 0 aliphatic heterocycles. The predicted molar refractivity (Wildman–Crippen MR) is 75.2 cm³/mol. The number of benzene rings is 1. The summed E-state index contributed by atoms with van der Waals surface area (Å²) in [4.78, 5) is 15.6. The normalized spacial score (nSPS) is 10.2. The second-order valence-corrected chi connectivity index (χ2v) is 4.50. The number of ether oxygens (including phenoxy) is 1. The maximum atomic E-state index is 13.3. The van der Waals surface area contributed by atoms with E-state index in [1.54, 1.807) is 24.3 Å². The van der Waals surface area contributed by atoms with Crippen LogP contribution in [-0.4, -0.2) is 18.0 Å². The third-order valence-corrected chi connectivity index (χ3v) is 3.01. The Bertz CT molecular complexity index is 665. The number of hydrogen-bond donors (Lipinski definition) is 1. The van der Waals surface area contributed by atoms with Gasteiger partial charge in [0.15, 0.2) is 11.0 Å². The minimum absolute atomic E-state index is 0.101. The first kappa shape index (κ1) is 14.6. The summed E-state index contributed by atoms with van der Waals surface area (Å²) in [5.74, 6) is -0.826. The monoisotopic (exact) mass is 314 g/mol. The second kappa shape index (κ2) is 6.07. The number of nitrogens with zero attached hydrogens (tertiary/aromatic N) is 1. The Morgan fingerprint density at radius 3 is 2.75 bits per heavy atom. The van der Waals surface area contributed by atoms with E-state index in [1.165, 1.54) is 7.11 Å². The van der Waals surface area contributed by atoms with E-state index < -0.39 is 11.7 Å². The van der Waals surface area contributed by atoms with E-state index in [0.29, 0.717) is 11.4 Å². The molecule has 4 nitrogen and oxygen atoms in total. The van der Waals surface area contributed by atoms with Crippen LogP contribution in [0.15, 0.2) is 30.3 Å². The Morgan fingerprint density at radius 1 is 1.30 bits per heavy atom. The number of nitrogens with one attached hydrogen (secondary N) is 1. The number of amides is 1. The highest BCUT2D eigenvalue weighted by atomic mass is 35.5. The first-order valence-electron chi connectivity index (χ1n) is 5.48. The highest BCUT2D eigenvalue weighted by Gasteiger charge is 2.16. The molecule has 0 bridgehead atoms. The number of pyridine rings is 1. The molecule has 0 radical (unpaired) electrons. The molecule has 0 saturated heterocycles. The first-order chi connectivity index (χ1) is 9.51. The lowest BCUT2D eigenvalue weighted by molar-refractivity contribution is 0.102. The number of rotatable bonds is 3. The average Bonchev–Trinajstić information content (AvgIpc) is 2.43. The van der Waals surface area contributed by atoms with Gasteiger partial charge >= 0.3 is 0 Å². The Hall–Kier alpha value is -1.85. The zero-order valence-corrected chi connectivity index (χ0v) is 11.8. The van der Waals surface area contributed by atoms with Gasteiger partial charge in [-0.2, -0.15) is 0 Å². The van der Waals surface area contributed by atoms with E-state index in [2.05, 4.69) is 10.3 Å². The fourth-order valence-electron chi connectivity index (χ4n) is 1.50. The van der Waals surface area contributed by atoms with Gasteiger partial charge in [-0.25, -0.2) is 9.37 Å². The van der Waals surface area contributed by atoms with Crippen LogP contribution in [0.4, 0.5) is 10.1 Å². The summed E-state index contributed by atoms with van der Waals surface area (Å²) in [6, 6.07) is 7.65. The molecule has 0 atom stereocenters. The van der Waals surface area contributed by atoms with E-state index in [1.807, 2.05) is 0 Å². The minimum atomic E-state index is -0.813. The van der Waals surface area contributed by atoms with Crippen molar-refractivity contribution in [3.05, 3.63) is 52.0 Å². The lowest BCUT2D eigenvalue weighted by Crippen LogP contribution is -2.13. The van der Waals surface area contributed by atoms with Crippen LogP contribution in [0, 0.1) is 5.82 Å². The van der Waals surface area contributed by atoms with Gasteiger partial charge in [0.05, 0.1) is 12.7 Å². The largest absolute Gasteiger partial charge is 0.497 e.